The van der Waals surface area contributed by atoms with Gasteiger partial charge in [-0.25, -0.2) is 0 Å². The number of carbonyl (C=O) groups excluding carboxylic acids is 1. The van der Waals surface area contributed by atoms with Crippen molar-refractivity contribution in [3.8, 4) is 0 Å². The summed E-state index contributed by atoms with van der Waals surface area (Å²) in [5.41, 5.74) is 1.26. The quantitative estimate of drug-likeness (QED) is 0.897. The lowest BCUT2D eigenvalue weighted by Gasteiger charge is -2.18. The minimum Gasteiger partial charge on any atom is -0.344 e. The van der Waals surface area contributed by atoms with Crippen LogP contribution < -0.4 is 5.32 Å². The predicted molar refractivity (Wildman–Crippen MR) is 81.5 cm³/mol. The summed E-state index contributed by atoms with van der Waals surface area (Å²) in [6.45, 7) is 2.06. The van der Waals surface area contributed by atoms with E-state index in [9.17, 15) is 4.79 Å². The van der Waals surface area contributed by atoms with Gasteiger partial charge in [-0.3, -0.25) is 4.79 Å². The summed E-state index contributed by atoms with van der Waals surface area (Å²) in [6, 6.07) is 5.26. The molecule has 1 aromatic heterocycles. The number of halogens is 2. The van der Waals surface area contributed by atoms with Gasteiger partial charge >= 0.3 is 0 Å². The molecule has 0 fully saturated rings. The minimum absolute atomic E-state index is 0.121. The normalized spacial score (nSPS) is 12.2. The molecule has 0 radical (unpaired) electrons. The second kappa shape index (κ2) is 7.02. The molecule has 0 spiro atoms. The van der Waals surface area contributed by atoms with Crippen molar-refractivity contribution in [2.75, 3.05) is 0 Å². The van der Waals surface area contributed by atoms with Crippen LogP contribution in [0.4, 0.5) is 0 Å². The van der Waals surface area contributed by atoms with Crippen LogP contribution in [0.25, 0.3) is 0 Å². The maximum atomic E-state index is 12.1. The Kier molecular flexibility index (Phi) is 5.34. The Morgan fingerprint density at radius 2 is 2.20 bits per heavy atom. The molecule has 0 unspecified atom stereocenters. The molecule has 1 aromatic carbocycles. The fourth-order valence-electron chi connectivity index (χ4n) is 1.84. The third kappa shape index (κ3) is 3.69. The number of nitrogens with one attached hydrogen (secondary N) is 1. The Bertz CT molecular complexity index is 589. The molecular weight excluding hydrogens is 317 g/mol. The summed E-state index contributed by atoms with van der Waals surface area (Å²) in [7, 11) is 0. The molecule has 1 heterocycles. The van der Waals surface area contributed by atoms with E-state index in [1.165, 1.54) is 0 Å². The summed E-state index contributed by atoms with van der Waals surface area (Å²) in [6.07, 6.45) is 1.74. The summed E-state index contributed by atoms with van der Waals surface area (Å²) < 4.78 is 3.69. The van der Waals surface area contributed by atoms with Gasteiger partial charge in [0.2, 0.25) is 0 Å². The summed E-state index contributed by atoms with van der Waals surface area (Å²) >= 11 is 13.1. The van der Waals surface area contributed by atoms with E-state index < -0.39 is 0 Å². The number of benzene rings is 1. The lowest BCUT2D eigenvalue weighted by molar-refractivity contribution is 0.0929. The van der Waals surface area contributed by atoms with Gasteiger partial charge in [-0.05, 0) is 35.6 Å². The molecule has 0 bridgehead atoms. The Labute approximate surface area is 131 Å². The Morgan fingerprint density at radius 3 is 2.80 bits per heavy atom. The number of amides is 1. The molecule has 2 rings (SSSR count). The number of hydrogen-bond acceptors (Lipinski definition) is 4. The average Bonchev–Trinajstić information content (AvgIpc) is 2.95. The monoisotopic (exact) mass is 329 g/mol. The Balaban J connectivity index is 2.18. The van der Waals surface area contributed by atoms with Crippen LogP contribution in [0, 0.1) is 0 Å². The molecule has 7 heteroatoms. The molecule has 0 saturated carbocycles. The van der Waals surface area contributed by atoms with Gasteiger partial charge in [-0.2, -0.15) is 0 Å². The molecule has 0 aliphatic heterocycles. The van der Waals surface area contributed by atoms with Gasteiger partial charge < -0.3 is 5.32 Å². The zero-order valence-corrected chi connectivity index (χ0v) is 13.1. The van der Waals surface area contributed by atoms with E-state index in [1.807, 2.05) is 6.07 Å². The van der Waals surface area contributed by atoms with Crippen molar-refractivity contribution in [1.29, 1.82) is 0 Å². The van der Waals surface area contributed by atoms with Gasteiger partial charge in [-0.1, -0.05) is 47.1 Å². The standard InChI is InChI=1S/C13H13Cl2N3OS/c1-2-3-11(8-4-5-9(14)10(15)6-8)16-13(19)12-7-20-18-17-12/h4-7,11H,2-3H2,1H3,(H,16,19)/t11-/m0/s1. The van der Waals surface area contributed by atoms with Crippen molar-refractivity contribution < 1.29 is 4.79 Å². The molecular formula is C13H13Cl2N3OS. The van der Waals surface area contributed by atoms with Crippen LogP contribution in [0.3, 0.4) is 0 Å². The highest BCUT2D eigenvalue weighted by atomic mass is 35.5. The highest BCUT2D eigenvalue weighted by Gasteiger charge is 2.17. The number of carbonyl (C=O) groups is 1. The van der Waals surface area contributed by atoms with Crippen LogP contribution in [0.1, 0.15) is 41.9 Å². The molecule has 1 N–H and O–H groups in total. The molecule has 1 atom stereocenters. The van der Waals surface area contributed by atoms with Crippen LogP contribution in [0.15, 0.2) is 23.6 Å². The van der Waals surface area contributed by atoms with Crippen molar-refractivity contribution in [2.45, 2.75) is 25.8 Å². The van der Waals surface area contributed by atoms with E-state index in [1.54, 1.807) is 17.5 Å². The minimum atomic E-state index is -0.233. The fourth-order valence-corrected chi connectivity index (χ4v) is 2.58. The predicted octanol–water partition coefficient (Wildman–Crippen LogP) is 4.12. The van der Waals surface area contributed by atoms with Crippen LogP contribution >= 0.6 is 34.7 Å². The molecule has 2 aromatic rings. The summed E-state index contributed by atoms with van der Waals surface area (Å²) in [5, 5.41) is 9.31. The maximum Gasteiger partial charge on any atom is 0.273 e. The number of nitrogens with zero attached hydrogens (tertiary/aromatic N) is 2. The first kappa shape index (κ1) is 15.2. The lowest BCUT2D eigenvalue weighted by atomic mass is 10.0. The number of aromatic nitrogens is 2. The second-order valence-corrected chi connectivity index (χ2v) is 5.70. The van der Waals surface area contributed by atoms with E-state index in [0.717, 1.165) is 29.9 Å². The highest BCUT2D eigenvalue weighted by molar-refractivity contribution is 7.03. The van der Waals surface area contributed by atoms with Crippen molar-refractivity contribution in [1.82, 2.24) is 14.9 Å². The van der Waals surface area contributed by atoms with Crippen LogP contribution in [0.2, 0.25) is 10.0 Å². The van der Waals surface area contributed by atoms with Crippen molar-refractivity contribution in [3.63, 3.8) is 0 Å². The first-order valence-electron chi connectivity index (χ1n) is 6.14. The SMILES string of the molecule is CCC[C@H](NC(=O)c1csnn1)c1ccc(Cl)c(Cl)c1. The number of rotatable bonds is 5. The molecule has 0 saturated heterocycles. The Morgan fingerprint density at radius 1 is 1.40 bits per heavy atom. The van der Waals surface area contributed by atoms with Crippen LogP contribution in [-0.2, 0) is 0 Å². The van der Waals surface area contributed by atoms with Crippen LogP contribution in [-0.4, -0.2) is 15.5 Å². The van der Waals surface area contributed by atoms with E-state index in [4.69, 9.17) is 23.2 Å². The van der Waals surface area contributed by atoms with Gasteiger partial charge in [0, 0.05) is 5.38 Å². The van der Waals surface area contributed by atoms with Crippen molar-refractivity contribution >= 4 is 40.6 Å². The molecule has 1 amide bonds. The van der Waals surface area contributed by atoms with E-state index in [-0.39, 0.29) is 11.9 Å². The molecule has 20 heavy (non-hydrogen) atoms. The van der Waals surface area contributed by atoms with Crippen molar-refractivity contribution in [2.24, 2.45) is 0 Å². The maximum absolute atomic E-state index is 12.1. The fraction of sp³-hybridized carbons (Fsp3) is 0.308. The van der Waals surface area contributed by atoms with E-state index in [0.29, 0.717) is 15.7 Å². The largest absolute Gasteiger partial charge is 0.344 e. The first-order valence-corrected chi connectivity index (χ1v) is 7.74. The second-order valence-electron chi connectivity index (χ2n) is 4.28. The third-order valence-corrected chi connectivity index (χ3v) is 4.07. The molecule has 0 aliphatic carbocycles. The van der Waals surface area contributed by atoms with E-state index >= 15 is 0 Å². The molecule has 0 aliphatic rings. The smallest absolute Gasteiger partial charge is 0.273 e. The highest BCUT2D eigenvalue weighted by Crippen LogP contribution is 2.27. The van der Waals surface area contributed by atoms with Crippen molar-refractivity contribution in [3.05, 3.63) is 44.9 Å². The summed E-state index contributed by atoms with van der Waals surface area (Å²) in [5.74, 6) is -0.233. The Hall–Kier alpha value is -1.17. The summed E-state index contributed by atoms with van der Waals surface area (Å²) in [4.78, 5) is 12.1. The average molecular weight is 330 g/mol. The first-order chi connectivity index (χ1) is 9.61. The van der Waals surface area contributed by atoms with Gasteiger partial charge in [0.25, 0.3) is 5.91 Å². The van der Waals surface area contributed by atoms with Gasteiger partial charge in [0.05, 0.1) is 16.1 Å². The van der Waals surface area contributed by atoms with Gasteiger partial charge in [0.15, 0.2) is 5.69 Å². The van der Waals surface area contributed by atoms with Gasteiger partial charge in [0.1, 0.15) is 0 Å². The zero-order valence-electron chi connectivity index (χ0n) is 10.8. The molecule has 4 nitrogen and oxygen atoms in total. The lowest BCUT2D eigenvalue weighted by Crippen LogP contribution is -2.28. The number of hydrogen-bond donors (Lipinski definition) is 1. The van der Waals surface area contributed by atoms with Crippen LogP contribution in [0.5, 0.6) is 0 Å². The van der Waals surface area contributed by atoms with Gasteiger partial charge in [-0.15, -0.1) is 5.10 Å². The van der Waals surface area contributed by atoms with E-state index in [2.05, 4.69) is 21.8 Å². The molecule has 106 valence electrons. The zero-order chi connectivity index (χ0) is 14.5. The third-order valence-electron chi connectivity index (χ3n) is 2.82. The topological polar surface area (TPSA) is 54.9 Å².